The zero-order chi connectivity index (χ0) is 35.6. The maximum Gasteiger partial charge on any atom is 0.164 e. The second kappa shape index (κ2) is 12.1. The van der Waals surface area contributed by atoms with Crippen molar-refractivity contribution in [3.63, 3.8) is 0 Å². The van der Waals surface area contributed by atoms with E-state index in [-0.39, 0.29) is 0 Å². The molecule has 8 aromatic carbocycles. The van der Waals surface area contributed by atoms with Crippen molar-refractivity contribution in [3.8, 4) is 51.0 Å². The van der Waals surface area contributed by atoms with E-state index in [1.54, 1.807) is 0 Å². The second-order valence-corrected chi connectivity index (χ2v) is 13.6. The van der Waals surface area contributed by atoms with Crippen LogP contribution in [0.2, 0.25) is 0 Å². The van der Waals surface area contributed by atoms with Crippen molar-refractivity contribution in [1.29, 1.82) is 0 Å². The predicted octanol–water partition coefficient (Wildman–Crippen LogP) is 12.7. The van der Waals surface area contributed by atoms with Gasteiger partial charge in [0.2, 0.25) is 0 Å². The Labute approximate surface area is 310 Å². The molecule has 0 saturated carbocycles. The number of aromatic nitrogens is 4. The molecule has 3 aromatic heterocycles. The molecule has 0 unspecified atom stereocenters. The van der Waals surface area contributed by atoms with E-state index in [1.807, 2.05) is 72.8 Å². The molecule has 252 valence electrons. The molecular formula is C49H30N4O. The molecule has 0 fully saturated rings. The van der Waals surface area contributed by atoms with Crippen LogP contribution in [0.15, 0.2) is 186 Å². The number of para-hydroxylation sites is 1. The molecule has 5 nitrogen and oxygen atoms in total. The van der Waals surface area contributed by atoms with Gasteiger partial charge in [0, 0.05) is 49.0 Å². The fourth-order valence-electron chi connectivity index (χ4n) is 7.97. The van der Waals surface area contributed by atoms with Crippen LogP contribution in [0.1, 0.15) is 0 Å². The first-order valence-electron chi connectivity index (χ1n) is 18.1. The Morgan fingerprint density at radius 2 is 0.944 bits per heavy atom. The number of furan rings is 1. The highest BCUT2D eigenvalue weighted by Crippen LogP contribution is 2.44. The standard InChI is InChI=1S/C49H30N4O/c1-4-15-31(16-5-1)34-27-28-37-35-21-12-13-25-41(35)53(42(37)29-34)43-30-40-45-39(24-14-26-44(45)54-46(40)38-23-11-10-22-36(38)43)49-51-47(32-17-6-2-7-18-32)50-48(52-49)33-19-8-3-9-20-33/h1-30H. The summed E-state index contributed by atoms with van der Waals surface area (Å²) in [6, 6.07) is 63.3. The van der Waals surface area contributed by atoms with E-state index < -0.39 is 0 Å². The summed E-state index contributed by atoms with van der Waals surface area (Å²) in [5.74, 6) is 1.83. The third-order valence-corrected chi connectivity index (χ3v) is 10.4. The minimum Gasteiger partial charge on any atom is -0.455 e. The summed E-state index contributed by atoms with van der Waals surface area (Å²) in [5.41, 5.74) is 10.1. The largest absolute Gasteiger partial charge is 0.455 e. The van der Waals surface area contributed by atoms with Crippen molar-refractivity contribution in [2.45, 2.75) is 0 Å². The van der Waals surface area contributed by atoms with E-state index in [0.717, 1.165) is 66.1 Å². The van der Waals surface area contributed by atoms with Gasteiger partial charge in [0.15, 0.2) is 17.5 Å². The number of hydrogen-bond donors (Lipinski definition) is 0. The van der Waals surface area contributed by atoms with Crippen molar-refractivity contribution in [2.75, 3.05) is 0 Å². The van der Waals surface area contributed by atoms with Gasteiger partial charge in [-0.3, -0.25) is 0 Å². The van der Waals surface area contributed by atoms with Crippen LogP contribution in [-0.4, -0.2) is 19.5 Å². The second-order valence-electron chi connectivity index (χ2n) is 13.6. The number of fused-ring (bicyclic) bond motifs is 8. The highest BCUT2D eigenvalue weighted by molar-refractivity contribution is 6.21. The van der Waals surface area contributed by atoms with Gasteiger partial charge in [-0.15, -0.1) is 0 Å². The minimum atomic E-state index is 0.593. The highest BCUT2D eigenvalue weighted by Gasteiger charge is 2.22. The van der Waals surface area contributed by atoms with Crippen LogP contribution in [-0.2, 0) is 0 Å². The lowest BCUT2D eigenvalue weighted by molar-refractivity contribution is 0.672. The fraction of sp³-hybridized carbons (Fsp3) is 0. The van der Waals surface area contributed by atoms with Crippen LogP contribution in [0.25, 0.3) is 105 Å². The smallest absolute Gasteiger partial charge is 0.164 e. The Bertz CT molecular complexity index is 3140. The van der Waals surface area contributed by atoms with Gasteiger partial charge >= 0.3 is 0 Å². The van der Waals surface area contributed by atoms with Crippen LogP contribution in [0.5, 0.6) is 0 Å². The van der Waals surface area contributed by atoms with E-state index >= 15 is 0 Å². The lowest BCUT2D eigenvalue weighted by Crippen LogP contribution is -2.00. The van der Waals surface area contributed by atoms with Crippen LogP contribution in [0.3, 0.4) is 0 Å². The van der Waals surface area contributed by atoms with E-state index in [4.69, 9.17) is 19.4 Å². The molecule has 0 spiro atoms. The number of rotatable bonds is 5. The Morgan fingerprint density at radius 1 is 0.370 bits per heavy atom. The molecule has 0 N–H and O–H groups in total. The van der Waals surface area contributed by atoms with Crippen molar-refractivity contribution in [3.05, 3.63) is 182 Å². The summed E-state index contributed by atoms with van der Waals surface area (Å²) in [5, 5.41) is 6.54. The Hall–Kier alpha value is -7.37. The molecule has 5 heteroatoms. The van der Waals surface area contributed by atoms with Gasteiger partial charge in [0.25, 0.3) is 0 Å². The summed E-state index contributed by atoms with van der Waals surface area (Å²) in [6.07, 6.45) is 0. The van der Waals surface area contributed by atoms with E-state index in [1.165, 1.54) is 21.9 Å². The SMILES string of the molecule is c1ccc(-c2ccc3c4ccccc4n(-c4cc5c(oc6cccc(-c7nc(-c8ccccc8)nc(-c8ccccc8)n7)c65)c5ccccc45)c3c2)cc1. The number of benzene rings is 8. The average Bonchev–Trinajstić information content (AvgIpc) is 3.80. The molecule has 3 heterocycles. The zero-order valence-corrected chi connectivity index (χ0v) is 29.0. The van der Waals surface area contributed by atoms with Crippen LogP contribution in [0.4, 0.5) is 0 Å². The lowest BCUT2D eigenvalue weighted by atomic mass is 10.0. The third-order valence-electron chi connectivity index (χ3n) is 10.4. The van der Waals surface area contributed by atoms with Gasteiger partial charge in [-0.2, -0.15) is 0 Å². The van der Waals surface area contributed by atoms with Crippen LogP contribution < -0.4 is 0 Å². The quantitative estimate of drug-likeness (QED) is 0.180. The summed E-state index contributed by atoms with van der Waals surface area (Å²) >= 11 is 0. The van der Waals surface area contributed by atoms with Gasteiger partial charge in [-0.05, 0) is 35.4 Å². The average molecular weight is 691 g/mol. The third kappa shape index (κ3) is 4.76. The van der Waals surface area contributed by atoms with Gasteiger partial charge < -0.3 is 8.98 Å². The summed E-state index contributed by atoms with van der Waals surface area (Å²) < 4.78 is 9.22. The Kier molecular flexibility index (Phi) is 6.79. The molecule has 11 rings (SSSR count). The van der Waals surface area contributed by atoms with Gasteiger partial charge in [0.05, 0.1) is 16.7 Å². The topological polar surface area (TPSA) is 56.7 Å². The maximum atomic E-state index is 6.80. The zero-order valence-electron chi connectivity index (χ0n) is 29.0. The normalized spacial score (nSPS) is 11.7. The highest BCUT2D eigenvalue weighted by atomic mass is 16.3. The molecule has 11 aromatic rings. The first kappa shape index (κ1) is 30.3. The van der Waals surface area contributed by atoms with Gasteiger partial charge in [-0.25, -0.2) is 15.0 Å². The van der Waals surface area contributed by atoms with Crippen molar-refractivity contribution in [1.82, 2.24) is 19.5 Å². The number of nitrogens with zero attached hydrogens (tertiary/aromatic N) is 4. The van der Waals surface area contributed by atoms with E-state index in [9.17, 15) is 0 Å². The monoisotopic (exact) mass is 690 g/mol. The van der Waals surface area contributed by atoms with Gasteiger partial charge in [0.1, 0.15) is 11.2 Å². The van der Waals surface area contributed by atoms with Crippen LogP contribution in [0, 0.1) is 0 Å². The molecule has 0 aliphatic rings. The molecule has 0 aliphatic heterocycles. The van der Waals surface area contributed by atoms with Crippen LogP contribution >= 0.6 is 0 Å². The fourth-order valence-corrected chi connectivity index (χ4v) is 7.97. The van der Waals surface area contributed by atoms with E-state index in [2.05, 4.69) is 114 Å². The van der Waals surface area contributed by atoms with Crippen molar-refractivity contribution in [2.24, 2.45) is 0 Å². The first-order chi connectivity index (χ1) is 26.8. The van der Waals surface area contributed by atoms with Crippen molar-refractivity contribution < 1.29 is 4.42 Å². The summed E-state index contributed by atoms with van der Waals surface area (Å²) in [6.45, 7) is 0. The molecular weight excluding hydrogens is 661 g/mol. The molecule has 0 atom stereocenters. The predicted molar refractivity (Wildman–Crippen MR) is 221 cm³/mol. The first-order valence-corrected chi connectivity index (χ1v) is 18.1. The molecule has 0 amide bonds. The Balaban J connectivity index is 1.22. The molecule has 0 radical (unpaired) electrons. The van der Waals surface area contributed by atoms with Gasteiger partial charge in [-0.1, -0.05) is 158 Å². The minimum absolute atomic E-state index is 0.593. The van der Waals surface area contributed by atoms with E-state index in [0.29, 0.717) is 17.5 Å². The molecule has 0 saturated heterocycles. The lowest BCUT2D eigenvalue weighted by Gasteiger charge is -2.13. The molecule has 0 bridgehead atoms. The van der Waals surface area contributed by atoms with Crippen molar-refractivity contribution >= 4 is 54.5 Å². The molecule has 0 aliphatic carbocycles. The summed E-state index contributed by atoms with van der Waals surface area (Å²) in [7, 11) is 0. The number of hydrogen-bond acceptors (Lipinski definition) is 4. The maximum absolute atomic E-state index is 6.80. The Morgan fingerprint density at radius 3 is 1.65 bits per heavy atom. The molecule has 54 heavy (non-hydrogen) atoms. The summed E-state index contributed by atoms with van der Waals surface area (Å²) in [4.78, 5) is 15.2.